The summed E-state index contributed by atoms with van der Waals surface area (Å²) < 4.78 is 9.75. The molecule has 9 heteroatoms. The van der Waals surface area contributed by atoms with E-state index in [4.69, 9.17) is 4.74 Å². The number of thioether (sulfide) groups is 1. The minimum Gasteiger partial charge on any atom is -0.369 e. The lowest BCUT2D eigenvalue weighted by Crippen LogP contribution is -2.34. The molecule has 0 radical (unpaired) electrons. The minimum atomic E-state index is -0.313. The molecule has 0 amide bonds. The van der Waals surface area contributed by atoms with Gasteiger partial charge in [0.2, 0.25) is 5.78 Å². The third-order valence-corrected chi connectivity index (χ3v) is 8.92. The minimum absolute atomic E-state index is 0.0163. The first-order valence-electron chi connectivity index (χ1n) is 11.8. The van der Waals surface area contributed by atoms with E-state index in [-0.39, 0.29) is 22.7 Å². The normalized spacial score (nSPS) is 17.5. The number of nitrogens with zero attached hydrogens (tertiary/aromatic N) is 4. The number of benzene rings is 2. The van der Waals surface area contributed by atoms with Crippen molar-refractivity contribution in [1.82, 2.24) is 19.2 Å². The highest BCUT2D eigenvalue weighted by Gasteiger charge is 2.34. The molecule has 5 aromatic rings. The third kappa shape index (κ3) is 3.78. The molecule has 7 nitrogen and oxygen atoms in total. The van der Waals surface area contributed by atoms with Gasteiger partial charge in [-0.1, -0.05) is 67.2 Å². The molecule has 1 aliphatic rings. The number of thiophene rings is 1. The number of hydrogen-bond acceptors (Lipinski definition) is 7. The predicted octanol–water partition coefficient (Wildman–Crippen LogP) is 5.31. The van der Waals surface area contributed by atoms with Gasteiger partial charge in [-0.25, -0.2) is 8.97 Å². The molecule has 0 saturated carbocycles. The zero-order chi connectivity index (χ0) is 24.9. The number of ketones is 1. The Balaban J connectivity index is 1.55. The van der Waals surface area contributed by atoms with Gasteiger partial charge in [0, 0.05) is 16.9 Å². The molecular weight excluding hydrogens is 492 g/mol. The standard InChI is InChI=1S/C27H24N4O3S2/c1-3-27(2)14-19-21(15-34-27)36-24-22(19)23(33)30(18-12-8-5-9-13-18)25-28-29-26(31(24)25)35-16-20(32)17-10-6-4-7-11-17/h4-13H,3,14-16H2,1-2H3/t27-/m1/s1. The van der Waals surface area contributed by atoms with E-state index in [1.54, 1.807) is 15.9 Å². The Morgan fingerprint density at radius 3 is 2.56 bits per heavy atom. The zero-order valence-corrected chi connectivity index (χ0v) is 21.6. The van der Waals surface area contributed by atoms with Crippen molar-refractivity contribution in [1.29, 1.82) is 0 Å². The number of ether oxygens (including phenoxy) is 1. The number of rotatable bonds is 6. The van der Waals surface area contributed by atoms with E-state index in [9.17, 15) is 9.59 Å². The molecule has 1 aliphatic heterocycles. The smallest absolute Gasteiger partial charge is 0.268 e. The highest BCUT2D eigenvalue weighted by atomic mass is 32.2. The first kappa shape index (κ1) is 23.1. The molecule has 0 unspecified atom stereocenters. The summed E-state index contributed by atoms with van der Waals surface area (Å²) in [5.74, 6) is 0.674. The first-order valence-corrected chi connectivity index (χ1v) is 13.6. The first-order chi connectivity index (χ1) is 17.5. The molecule has 0 saturated heterocycles. The zero-order valence-electron chi connectivity index (χ0n) is 19.9. The van der Waals surface area contributed by atoms with Crippen LogP contribution in [0.2, 0.25) is 0 Å². The maximum atomic E-state index is 14.0. The van der Waals surface area contributed by atoms with Crippen molar-refractivity contribution < 1.29 is 9.53 Å². The molecule has 0 spiro atoms. The molecule has 4 heterocycles. The Kier molecular flexibility index (Phi) is 5.78. The van der Waals surface area contributed by atoms with Crippen molar-refractivity contribution >= 4 is 44.9 Å². The summed E-state index contributed by atoms with van der Waals surface area (Å²) in [6, 6.07) is 18.7. The van der Waals surface area contributed by atoms with Gasteiger partial charge in [-0.05, 0) is 31.0 Å². The molecule has 3 aromatic heterocycles. The maximum Gasteiger partial charge on any atom is 0.268 e. The lowest BCUT2D eigenvalue weighted by molar-refractivity contribution is -0.0543. The van der Waals surface area contributed by atoms with Crippen LogP contribution in [0, 0.1) is 0 Å². The molecular formula is C27H24N4O3S2. The van der Waals surface area contributed by atoms with Gasteiger partial charge in [-0.15, -0.1) is 21.5 Å². The van der Waals surface area contributed by atoms with Crippen LogP contribution in [0.3, 0.4) is 0 Å². The van der Waals surface area contributed by atoms with Crippen LogP contribution in [-0.2, 0) is 17.8 Å². The molecule has 0 bridgehead atoms. The van der Waals surface area contributed by atoms with Crippen LogP contribution >= 0.6 is 23.1 Å². The topological polar surface area (TPSA) is 78.5 Å². The van der Waals surface area contributed by atoms with Crippen LogP contribution in [0.15, 0.2) is 70.6 Å². The Morgan fingerprint density at radius 2 is 1.83 bits per heavy atom. The number of carbonyl (C=O) groups excluding carboxylic acids is 1. The summed E-state index contributed by atoms with van der Waals surface area (Å²) >= 11 is 2.89. The van der Waals surface area contributed by atoms with Gasteiger partial charge in [0.25, 0.3) is 5.56 Å². The summed E-state index contributed by atoms with van der Waals surface area (Å²) in [4.78, 5) is 28.7. The lowest BCUT2D eigenvalue weighted by atomic mass is 9.90. The van der Waals surface area contributed by atoms with Crippen LogP contribution in [0.25, 0.3) is 21.7 Å². The van der Waals surface area contributed by atoms with Gasteiger partial charge in [0.1, 0.15) is 4.83 Å². The van der Waals surface area contributed by atoms with Crippen molar-refractivity contribution in [2.45, 2.75) is 44.1 Å². The second-order valence-electron chi connectivity index (χ2n) is 9.12. The fraction of sp³-hybridized carbons (Fsp3) is 0.259. The van der Waals surface area contributed by atoms with E-state index in [1.807, 2.05) is 65.1 Å². The van der Waals surface area contributed by atoms with Crippen molar-refractivity contribution in [2.75, 3.05) is 5.75 Å². The summed E-state index contributed by atoms with van der Waals surface area (Å²) in [6.07, 6.45) is 1.53. The van der Waals surface area contributed by atoms with E-state index < -0.39 is 0 Å². The Hall–Kier alpha value is -3.27. The molecule has 6 rings (SSSR count). The van der Waals surface area contributed by atoms with Crippen molar-refractivity contribution in [3.63, 3.8) is 0 Å². The SMILES string of the molecule is CC[C@]1(C)Cc2c(sc3c2c(=O)n(-c2ccccc2)c2nnc(SCC(=O)c4ccccc4)n32)CO1. The van der Waals surface area contributed by atoms with Gasteiger partial charge in [-0.3, -0.25) is 9.59 Å². The number of Topliss-reactive ketones (excluding diaryl/α,β-unsaturated/α-hetero) is 1. The average Bonchev–Trinajstić information content (AvgIpc) is 3.50. The highest BCUT2D eigenvalue weighted by Crippen LogP contribution is 2.40. The maximum absolute atomic E-state index is 14.0. The summed E-state index contributed by atoms with van der Waals surface area (Å²) in [5, 5.41) is 10.1. The monoisotopic (exact) mass is 516 g/mol. The van der Waals surface area contributed by atoms with Crippen LogP contribution in [0.5, 0.6) is 0 Å². The number of carbonyl (C=O) groups is 1. The third-order valence-electron chi connectivity index (χ3n) is 6.80. The molecule has 182 valence electrons. The van der Waals surface area contributed by atoms with Crippen LogP contribution in [0.4, 0.5) is 0 Å². The van der Waals surface area contributed by atoms with Gasteiger partial charge in [0.15, 0.2) is 10.9 Å². The number of para-hydroxylation sites is 1. The second kappa shape index (κ2) is 8.99. The van der Waals surface area contributed by atoms with E-state index in [0.717, 1.165) is 27.4 Å². The highest BCUT2D eigenvalue weighted by molar-refractivity contribution is 7.99. The predicted molar refractivity (Wildman–Crippen MR) is 143 cm³/mol. The molecule has 0 aliphatic carbocycles. The molecule has 2 aromatic carbocycles. The Bertz CT molecular complexity index is 1660. The Morgan fingerprint density at radius 1 is 1.11 bits per heavy atom. The quantitative estimate of drug-likeness (QED) is 0.225. The van der Waals surface area contributed by atoms with Crippen molar-refractivity contribution in [3.8, 4) is 5.69 Å². The fourth-order valence-corrected chi connectivity index (χ4v) is 6.71. The fourth-order valence-electron chi connectivity index (χ4n) is 4.60. The van der Waals surface area contributed by atoms with Gasteiger partial charge < -0.3 is 4.74 Å². The van der Waals surface area contributed by atoms with E-state index in [0.29, 0.717) is 34.9 Å². The number of aromatic nitrogens is 4. The lowest BCUT2D eigenvalue weighted by Gasteiger charge is -2.32. The summed E-state index contributed by atoms with van der Waals surface area (Å²) in [6.45, 7) is 4.68. The molecule has 0 N–H and O–H groups in total. The summed E-state index contributed by atoms with van der Waals surface area (Å²) in [7, 11) is 0. The van der Waals surface area contributed by atoms with Crippen molar-refractivity contribution in [3.05, 3.63) is 87.0 Å². The van der Waals surface area contributed by atoms with E-state index >= 15 is 0 Å². The van der Waals surface area contributed by atoms with Crippen LogP contribution < -0.4 is 5.56 Å². The number of hydrogen-bond donors (Lipinski definition) is 0. The largest absolute Gasteiger partial charge is 0.369 e. The van der Waals surface area contributed by atoms with Crippen molar-refractivity contribution in [2.24, 2.45) is 0 Å². The van der Waals surface area contributed by atoms with E-state index in [1.165, 1.54) is 11.8 Å². The van der Waals surface area contributed by atoms with Gasteiger partial charge >= 0.3 is 0 Å². The van der Waals surface area contributed by atoms with Gasteiger partial charge in [0.05, 0.1) is 29.0 Å². The molecule has 36 heavy (non-hydrogen) atoms. The van der Waals surface area contributed by atoms with Crippen LogP contribution in [-0.4, -0.2) is 36.3 Å². The second-order valence-corrected chi connectivity index (χ2v) is 11.2. The summed E-state index contributed by atoms with van der Waals surface area (Å²) in [5.41, 5.74) is 2.02. The van der Waals surface area contributed by atoms with E-state index in [2.05, 4.69) is 24.0 Å². The number of fused-ring (bicyclic) bond motifs is 5. The van der Waals surface area contributed by atoms with Crippen LogP contribution in [0.1, 0.15) is 41.1 Å². The van der Waals surface area contributed by atoms with Gasteiger partial charge in [-0.2, -0.15) is 0 Å². The average molecular weight is 517 g/mol. The molecule has 1 atom stereocenters. The Labute approximate surface area is 215 Å². The molecule has 0 fully saturated rings.